The molecule has 0 aliphatic rings. The number of carbonyl (C=O) groups excluding carboxylic acids is 1. The first kappa shape index (κ1) is 12.6. The number of nitrogens with one attached hydrogen (secondary N) is 2. The topological polar surface area (TPSA) is 70.7 Å². The van der Waals surface area contributed by atoms with Gasteiger partial charge < -0.3 is 4.98 Å². The molecule has 3 aromatic heterocycles. The van der Waals surface area contributed by atoms with Crippen molar-refractivity contribution in [3.8, 4) is 11.4 Å². The monoisotopic (exact) mass is 284 g/mol. The predicted octanol–water partition coefficient (Wildman–Crippen LogP) is 3.09. The molecule has 0 saturated heterocycles. The van der Waals surface area contributed by atoms with E-state index in [0.29, 0.717) is 10.8 Å². The standard InChI is InChI=1S/C14H12N4OS/c1-9-4-2-5-11(16-9)13(19)18-14-17-12(8-20-14)10-6-3-7-15-10/h2-8,15H,1H3,(H,17,18,19). The van der Waals surface area contributed by atoms with E-state index in [9.17, 15) is 4.79 Å². The first-order valence-electron chi connectivity index (χ1n) is 6.07. The molecule has 0 saturated carbocycles. The number of nitrogens with zero attached hydrogens (tertiary/aromatic N) is 2. The number of aryl methyl sites for hydroxylation is 1. The fourth-order valence-electron chi connectivity index (χ4n) is 1.78. The largest absolute Gasteiger partial charge is 0.360 e. The van der Waals surface area contributed by atoms with Crippen LogP contribution in [0, 0.1) is 6.92 Å². The van der Waals surface area contributed by atoms with Crippen LogP contribution in [0.1, 0.15) is 16.2 Å². The van der Waals surface area contributed by atoms with Crippen LogP contribution in [0.5, 0.6) is 0 Å². The highest BCUT2D eigenvalue weighted by Gasteiger charge is 2.11. The Balaban J connectivity index is 1.77. The first-order chi connectivity index (χ1) is 9.72. The van der Waals surface area contributed by atoms with Gasteiger partial charge in [-0.2, -0.15) is 0 Å². The summed E-state index contributed by atoms with van der Waals surface area (Å²) >= 11 is 1.38. The van der Waals surface area contributed by atoms with Crippen LogP contribution in [0.4, 0.5) is 5.13 Å². The lowest BCUT2D eigenvalue weighted by Crippen LogP contribution is -2.13. The van der Waals surface area contributed by atoms with Crippen molar-refractivity contribution in [2.75, 3.05) is 5.32 Å². The maximum atomic E-state index is 12.0. The van der Waals surface area contributed by atoms with E-state index in [0.717, 1.165) is 17.1 Å². The van der Waals surface area contributed by atoms with Crippen LogP contribution in [0.3, 0.4) is 0 Å². The van der Waals surface area contributed by atoms with Gasteiger partial charge in [-0.05, 0) is 31.2 Å². The molecule has 20 heavy (non-hydrogen) atoms. The molecular weight excluding hydrogens is 272 g/mol. The molecule has 3 heterocycles. The van der Waals surface area contributed by atoms with Gasteiger partial charge in [-0.3, -0.25) is 10.1 Å². The fraction of sp³-hybridized carbons (Fsp3) is 0.0714. The second kappa shape index (κ2) is 5.26. The lowest BCUT2D eigenvalue weighted by Gasteiger charge is -2.01. The van der Waals surface area contributed by atoms with E-state index in [-0.39, 0.29) is 5.91 Å². The van der Waals surface area contributed by atoms with E-state index in [1.165, 1.54) is 11.3 Å². The summed E-state index contributed by atoms with van der Waals surface area (Å²) in [4.78, 5) is 23.7. The van der Waals surface area contributed by atoms with Crippen LogP contribution in [0.25, 0.3) is 11.4 Å². The lowest BCUT2D eigenvalue weighted by atomic mass is 10.3. The van der Waals surface area contributed by atoms with Crippen molar-refractivity contribution in [2.45, 2.75) is 6.92 Å². The van der Waals surface area contributed by atoms with Gasteiger partial charge in [0, 0.05) is 17.3 Å². The van der Waals surface area contributed by atoms with Crippen molar-refractivity contribution in [1.29, 1.82) is 0 Å². The van der Waals surface area contributed by atoms with Gasteiger partial charge >= 0.3 is 0 Å². The fourth-order valence-corrected chi connectivity index (χ4v) is 2.48. The zero-order chi connectivity index (χ0) is 13.9. The molecule has 0 atom stereocenters. The first-order valence-corrected chi connectivity index (χ1v) is 6.94. The third kappa shape index (κ3) is 2.60. The summed E-state index contributed by atoms with van der Waals surface area (Å²) in [7, 11) is 0. The Morgan fingerprint density at radius 3 is 2.90 bits per heavy atom. The minimum atomic E-state index is -0.249. The average Bonchev–Trinajstić information content (AvgIpc) is 3.08. The Labute approximate surface area is 119 Å². The summed E-state index contributed by atoms with van der Waals surface area (Å²) in [5, 5.41) is 5.21. The maximum Gasteiger partial charge on any atom is 0.276 e. The number of anilines is 1. The highest BCUT2D eigenvalue weighted by Crippen LogP contribution is 2.23. The Bertz CT molecular complexity index is 733. The highest BCUT2D eigenvalue weighted by atomic mass is 32.1. The van der Waals surface area contributed by atoms with E-state index in [1.54, 1.807) is 6.07 Å². The number of H-pyrrole nitrogens is 1. The van der Waals surface area contributed by atoms with E-state index in [1.807, 2.05) is 42.8 Å². The second-order valence-electron chi connectivity index (χ2n) is 4.24. The molecule has 3 rings (SSSR count). The smallest absolute Gasteiger partial charge is 0.276 e. The summed E-state index contributed by atoms with van der Waals surface area (Å²) in [5.41, 5.74) is 2.94. The zero-order valence-corrected chi connectivity index (χ0v) is 11.6. The van der Waals surface area contributed by atoms with Gasteiger partial charge in [-0.1, -0.05) is 6.07 Å². The van der Waals surface area contributed by atoms with Crippen molar-refractivity contribution < 1.29 is 4.79 Å². The van der Waals surface area contributed by atoms with Crippen LogP contribution in [-0.2, 0) is 0 Å². The molecule has 0 spiro atoms. The quantitative estimate of drug-likeness (QED) is 0.776. The molecule has 0 fully saturated rings. The van der Waals surface area contributed by atoms with Crippen LogP contribution in [-0.4, -0.2) is 20.9 Å². The summed E-state index contributed by atoms with van der Waals surface area (Å²) in [5.74, 6) is -0.249. The number of aromatic nitrogens is 3. The third-order valence-electron chi connectivity index (χ3n) is 2.72. The number of aromatic amines is 1. The van der Waals surface area contributed by atoms with E-state index >= 15 is 0 Å². The molecular formula is C14H12N4OS. The number of amides is 1. The van der Waals surface area contributed by atoms with E-state index in [4.69, 9.17) is 0 Å². The number of hydrogen-bond acceptors (Lipinski definition) is 4. The molecule has 1 amide bonds. The normalized spacial score (nSPS) is 10.4. The van der Waals surface area contributed by atoms with Gasteiger partial charge in [0.1, 0.15) is 5.69 Å². The molecule has 0 aromatic carbocycles. The predicted molar refractivity (Wildman–Crippen MR) is 78.8 cm³/mol. The molecule has 0 bridgehead atoms. The summed E-state index contributed by atoms with van der Waals surface area (Å²) in [6.07, 6.45) is 1.84. The van der Waals surface area contributed by atoms with Crippen LogP contribution < -0.4 is 5.32 Å². The summed E-state index contributed by atoms with van der Waals surface area (Å²) in [6.45, 7) is 1.85. The number of rotatable bonds is 3. The molecule has 0 radical (unpaired) electrons. The van der Waals surface area contributed by atoms with Crippen LogP contribution in [0.2, 0.25) is 0 Å². The molecule has 2 N–H and O–H groups in total. The Morgan fingerprint density at radius 2 is 2.15 bits per heavy atom. The summed E-state index contributed by atoms with van der Waals surface area (Å²) < 4.78 is 0. The second-order valence-corrected chi connectivity index (χ2v) is 5.10. The van der Waals surface area contributed by atoms with Gasteiger partial charge in [0.25, 0.3) is 5.91 Å². The minimum absolute atomic E-state index is 0.249. The number of carbonyl (C=O) groups is 1. The Morgan fingerprint density at radius 1 is 1.25 bits per heavy atom. The van der Waals surface area contributed by atoms with E-state index in [2.05, 4.69) is 20.3 Å². The molecule has 6 heteroatoms. The molecule has 0 unspecified atom stereocenters. The van der Waals surface area contributed by atoms with Crippen molar-refractivity contribution in [2.24, 2.45) is 0 Å². The van der Waals surface area contributed by atoms with Gasteiger partial charge in [0.05, 0.1) is 11.4 Å². The highest BCUT2D eigenvalue weighted by molar-refractivity contribution is 7.14. The van der Waals surface area contributed by atoms with Gasteiger partial charge in [-0.25, -0.2) is 9.97 Å². The van der Waals surface area contributed by atoms with Crippen molar-refractivity contribution in [3.05, 3.63) is 53.3 Å². The van der Waals surface area contributed by atoms with Crippen molar-refractivity contribution in [3.63, 3.8) is 0 Å². The maximum absolute atomic E-state index is 12.0. The van der Waals surface area contributed by atoms with E-state index < -0.39 is 0 Å². The molecule has 0 aliphatic heterocycles. The number of hydrogen-bond donors (Lipinski definition) is 2. The Hall–Kier alpha value is -2.47. The van der Waals surface area contributed by atoms with Crippen molar-refractivity contribution in [1.82, 2.24) is 15.0 Å². The van der Waals surface area contributed by atoms with Crippen molar-refractivity contribution >= 4 is 22.4 Å². The molecule has 3 aromatic rings. The number of thiazole rings is 1. The van der Waals surface area contributed by atoms with Gasteiger partial charge in [-0.15, -0.1) is 11.3 Å². The molecule has 0 aliphatic carbocycles. The zero-order valence-electron chi connectivity index (χ0n) is 10.8. The lowest BCUT2D eigenvalue weighted by molar-refractivity contribution is 0.102. The minimum Gasteiger partial charge on any atom is -0.360 e. The number of pyridine rings is 1. The average molecular weight is 284 g/mol. The molecule has 100 valence electrons. The molecule has 5 nitrogen and oxygen atoms in total. The SMILES string of the molecule is Cc1cccc(C(=O)Nc2nc(-c3ccc[nH]3)cs2)n1. The third-order valence-corrected chi connectivity index (χ3v) is 3.48. The Kier molecular flexibility index (Phi) is 3.30. The van der Waals surface area contributed by atoms with Gasteiger partial charge in [0.15, 0.2) is 5.13 Å². The summed E-state index contributed by atoms with van der Waals surface area (Å²) in [6, 6.07) is 9.18. The van der Waals surface area contributed by atoms with Crippen LogP contribution >= 0.6 is 11.3 Å². The van der Waals surface area contributed by atoms with Gasteiger partial charge in [0.2, 0.25) is 0 Å². The van der Waals surface area contributed by atoms with Crippen LogP contribution in [0.15, 0.2) is 41.9 Å².